The van der Waals surface area contributed by atoms with Gasteiger partial charge in [0.1, 0.15) is 0 Å². The number of imide groups is 1. The molecule has 1 saturated heterocycles. The van der Waals surface area contributed by atoms with Crippen LogP contribution < -0.4 is 16.2 Å². The molecule has 0 saturated carbocycles. The Morgan fingerprint density at radius 2 is 2.18 bits per heavy atom. The molecule has 2 heterocycles. The quantitative estimate of drug-likeness (QED) is 0.563. The second-order valence-electron chi connectivity index (χ2n) is 6.57. The fourth-order valence-electron chi connectivity index (χ4n) is 3.02. The summed E-state index contributed by atoms with van der Waals surface area (Å²) in [5.74, 6) is -0.443. The maximum atomic E-state index is 13.0. The predicted octanol–water partition coefficient (Wildman–Crippen LogP) is 1.90. The van der Waals surface area contributed by atoms with Crippen LogP contribution in [-0.4, -0.2) is 46.0 Å². The number of nitrogens with one attached hydrogen (secondary N) is 2. The van der Waals surface area contributed by atoms with E-state index in [0.29, 0.717) is 35.8 Å². The minimum atomic E-state index is -0.605. The van der Waals surface area contributed by atoms with Crippen LogP contribution >= 0.6 is 11.8 Å². The van der Waals surface area contributed by atoms with Crippen LogP contribution in [0.25, 0.3) is 10.9 Å². The molecule has 1 aliphatic heterocycles. The molecule has 1 fully saturated rings. The third kappa shape index (κ3) is 4.71. The van der Waals surface area contributed by atoms with E-state index in [0.717, 1.165) is 24.6 Å². The number of urea groups is 1. The molecule has 2 aromatic rings. The number of hydrogen-bond donors (Lipinski definition) is 2. The average Bonchev–Trinajstić information content (AvgIpc) is 3.18. The molecule has 0 radical (unpaired) electrons. The molecule has 2 atom stereocenters. The Bertz CT molecular complexity index is 924. The molecule has 2 N–H and O–H groups in total. The van der Waals surface area contributed by atoms with E-state index < -0.39 is 17.2 Å². The minimum absolute atomic E-state index is 0.0422. The van der Waals surface area contributed by atoms with E-state index in [1.165, 1.54) is 0 Å². The van der Waals surface area contributed by atoms with Crippen molar-refractivity contribution in [2.75, 3.05) is 13.2 Å². The summed E-state index contributed by atoms with van der Waals surface area (Å²) in [7, 11) is 0. The van der Waals surface area contributed by atoms with Crippen molar-refractivity contribution in [3.63, 3.8) is 0 Å². The van der Waals surface area contributed by atoms with Gasteiger partial charge in [0.15, 0.2) is 5.16 Å². The van der Waals surface area contributed by atoms with E-state index in [2.05, 4.69) is 15.6 Å². The molecule has 8 nitrogen and oxygen atoms in total. The number of benzene rings is 1. The molecule has 150 valence electrons. The Morgan fingerprint density at radius 3 is 2.89 bits per heavy atom. The van der Waals surface area contributed by atoms with Gasteiger partial charge in [0.2, 0.25) is 5.91 Å². The summed E-state index contributed by atoms with van der Waals surface area (Å²) in [6, 6.07) is 6.60. The van der Waals surface area contributed by atoms with Gasteiger partial charge in [-0.05, 0) is 38.8 Å². The van der Waals surface area contributed by atoms with Gasteiger partial charge < -0.3 is 10.1 Å². The van der Waals surface area contributed by atoms with Crippen molar-refractivity contribution in [2.45, 2.75) is 49.7 Å². The third-order valence-corrected chi connectivity index (χ3v) is 5.55. The first-order valence-corrected chi connectivity index (χ1v) is 10.2. The molecule has 1 aromatic carbocycles. The van der Waals surface area contributed by atoms with E-state index in [1.54, 1.807) is 36.6 Å². The maximum absolute atomic E-state index is 13.0. The number of carbonyl (C=O) groups is 2. The van der Waals surface area contributed by atoms with Gasteiger partial charge in [0.05, 0.1) is 28.8 Å². The van der Waals surface area contributed by atoms with E-state index in [-0.39, 0.29) is 11.7 Å². The number of aromatic nitrogens is 2. The zero-order valence-electron chi connectivity index (χ0n) is 15.9. The van der Waals surface area contributed by atoms with Crippen LogP contribution in [0.15, 0.2) is 34.2 Å². The number of hydrogen-bond acceptors (Lipinski definition) is 6. The van der Waals surface area contributed by atoms with Crippen LogP contribution in [0, 0.1) is 0 Å². The fraction of sp³-hybridized carbons (Fsp3) is 0.474. The highest BCUT2D eigenvalue weighted by Gasteiger charge is 2.23. The fourth-order valence-corrected chi connectivity index (χ4v) is 3.94. The number of fused-ring (bicyclic) bond motifs is 1. The van der Waals surface area contributed by atoms with Crippen LogP contribution in [0.2, 0.25) is 0 Å². The van der Waals surface area contributed by atoms with Gasteiger partial charge in [-0.15, -0.1) is 0 Å². The highest BCUT2D eigenvalue weighted by atomic mass is 32.2. The number of para-hydroxylation sites is 1. The van der Waals surface area contributed by atoms with Gasteiger partial charge in [-0.25, -0.2) is 9.78 Å². The molecule has 0 aliphatic carbocycles. The summed E-state index contributed by atoms with van der Waals surface area (Å²) >= 11 is 1.16. The van der Waals surface area contributed by atoms with Gasteiger partial charge in [0, 0.05) is 13.2 Å². The van der Waals surface area contributed by atoms with Crippen molar-refractivity contribution in [3.8, 4) is 0 Å². The molecule has 1 aliphatic rings. The minimum Gasteiger partial charge on any atom is -0.376 e. The van der Waals surface area contributed by atoms with Gasteiger partial charge in [-0.1, -0.05) is 23.9 Å². The molecule has 0 unspecified atom stereocenters. The predicted molar refractivity (Wildman–Crippen MR) is 108 cm³/mol. The van der Waals surface area contributed by atoms with E-state index in [1.807, 2.05) is 6.07 Å². The Labute approximate surface area is 167 Å². The number of carbonyl (C=O) groups excluding carboxylic acids is 2. The van der Waals surface area contributed by atoms with Crippen LogP contribution in [0.3, 0.4) is 0 Å². The smallest absolute Gasteiger partial charge is 0.321 e. The van der Waals surface area contributed by atoms with Gasteiger partial charge in [0.25, 0.3) is 5.56 Å². The normalized spacial score (nSPS) is 17.4. The molecule has 1 aromatic heterocycles. The van der Waals surface area contributed by atoms with Crippen LogP contribution in [0.4, 0.5) is 4.79 Å². The standard InChI is InChI=1S/C19H24N4O4S/c1-3-20-18(26)22-16(24)12(2)28-19-21-15-9-5-4-8-14(15)17(25)23(19)11-13-7-6-10-27-13/h4-5,8-9,12-13H,3,6-7,10-11H2,1-2H3,(H2,20,22,24,26)/t12-,13+/m1/s1. The lowest BCUT2D eigenvalue weighted by molar-refractivity contribution is -0.119. The number of thioether (sulfide) groups is 1. The van der Waals surface area contributed by atoms with Gasteiger partial charge in [-0.3, -0.25) is 19.5 Å². The van der Waals surface area contributed by atoms with Crippen molar-refractivity contribution in [2.24, 2.45) is 0 Å². The highest BCUT2D eigenvalue weighted by molar-refractivity contribution is 8.00. The van der Waals surface area contributed by atoms with Crippen molar-refractivity contribution in [1.29, 1.82) is 0 Å². The molecule has 28 heavy (non-hydrogen) atoms. The summed E-state index contributed by atoms with van der Waals surface area (Å²) in [4.78, 5) is 41.5. The SMILES string of the molecule is CCNC(=O)NC(=O)[C@@H](C)Sc1nc2ccccc2c(=O)n1C[C@@H]1CCCO1. The monoisotopic (exact) mass is 404 g/mol. The summed E-state index contributed by atoms with van der Waals surface area (Å²) in [5, 5.41) is 5.19. The topological polar surface area (TPSA) is 102 Å². The summed E-state index contributed by atoms with van der Waals surface area (Å²) in [6.07, 6.45) is 1.81. The molecule has 9 heteroatoms. The molecule has 0 spiro atoms. The largest absolute Gasteiger partial charge is 0.376 e. The first kappa shape index (κ1) is 20.3. The van der Waals surface area contributed by atoms with Crippen LogP contribution in [0.5, 0.6) is 0 Å². The molecular weight excluding hydrogens is 380 g/mol. The van der Waals surface area contributed by atoms with E-state index >= 15 is 0 Å². The molecule has 3 rings (SSSR count). The number of nitrogens with zero attached hydrogens (tertiary/aromatic N) is 2. The second kappa shape index (κ2) is 9.20. The lowest BCUT2D eigenvalue weighted by Crippen LogP contribution is -2.42. The third-order valence-electron chi connectivity index (χ3n) is 4.46. The van der Waals surface area contributed by atoms with E-state index in [9.17, 15) is 14.4 Å². The molecule has 3 amide bonds. The Kier molecular flexibility index (Phi) is 6.69. The van der Waals surface area contributed by atoms with Crippen molar-refractivity contribution < 1.29 is 14.3 Å². The number of rotatable bonds is 6. The second-order valence-corrected chi connectivity index (χ2v) is 7.88. The van der Waals surface area contributed by atoms with Crippen molar-refractivity contribution in [1.82, 2.24) is 20.2 Å². The first-order valence-electron chi connectivity index (χ1n) is 9.36. The summed E-state index contributed by atoms with van der Waals surface area (Å²) in [6.45, 7) is 4.95. The first-order chi connectivity index (χ1) is 13.5. The van der Waals surface area contributed by atoms with Crippen molar-refractivity contribution in [3.05, 3.63) is 34.6 Å². The zero-order chi connectivity index (χ0) is 20.1. The van der Waals surface area contributed by atoms with Crippen LogP contribution in [0.1, 0.15) is 26.7 Å². The Morgan fingerprint density at radius 1 is 1.39 bits per heavy atom. The lowest BCUT2D eigenvalue weighted by atomic mass is 10.2. The van der Waals surface area contributed by atoms with Crippen LogP contribution in [-0.2, 0) is 16.1 Å². The van der Waals surface area contributed by atoms with Gasteiger partial charge in [-0.2, -0.15) is 0 Å². The Hall–Kier alpha value is -2.39. The molecule has 0 bridgehead atoms. The molecular formula is C19H24N4O4S. The van der Waals surface area contributed by atoms with E-state index in [4.69, 9.17) is 4.74 Å². The average molecular weight is 404 g/mol. The zero-order valence-corrected chi connectivity index (χ0v) is 16.8. The number of amides is 3. The Balaban J connectivity index is 1.88. The maximum Gasteiger partial charge on any atom is 0.321 e. The summed E-state index contributed by atoms with van der Waals surface area (Å²) < 4.78 is 7.26. The number of ether oxygens (including phenoxy) is 1. The lowest BCUT2D eigenvalue weighted by Gasteiger charge is -2.18. The van der Waals surface area contributed by atoms with Crippen molar-refractivity contribution >= 4 is 34.6 Å². The summed E-state index contributed by atoms with van der Waals surface area (Å²) in [5.41, 5.74) is 0.426. The highest BCUT2D eigenvalue weighted by Crippen LogP contribution is 2.24. The van der Waals surface area contributed by atoms with Gasteiger partial charge >= 0.3 is 6.03 Å².